The minimum atomic E-state index is -0.363. The van der Waals surface area contributed by atoms with Gasteiger partial charge in [-0.25, -0.2) is 0 Å². The maximum atomic E-state index is 13.5. The molecule has 2 aliphatic heterocycles. The number of aliphatic hydroxyl groups excluding tert-OH is 1. The number of carbonyl (C=O) groups excluding carboxylic acids is 1. The molecule has 3 N–H and O–H groups in total. The predicted octanol–water partition coefficient (Wildman–Crippen LogP) is 5.37. The number of para-hydroxylation sites is 1. The van der Waals surface area contributed by atoms with Crippen molar-refractivity contribution >= 4 is 28.6 Å². The van der Waals surface area contributed by atoms with Crippen LogP contribution >= 0.6 is 0 Å². The number of rotatable bonds is 6. The molecule has 0 fully saturated rings. The summed E-state index contributed by atoms with van der Waals surface area (Å²) in [6.45, 7) is 10.5. The molecule has 2 aromatic carbocycles. The summed E-state index contributed by atoms with van der Waals surface area (Å²) in [7, 11) is 8.61. The quantitative estimate of drug-likeness (QED) is 0.230. The van der Waals surface area contributed by atoms with E-state index in [0.29, 0.717) is 11.1 Å². The number of hydrogen-bond donors (Lipinski definition) is 2. The molecule has 2 aromatic rings. The molecule has 0 radical (unpaired) electrons. The molecule has 0 aromatic heterocycles. The van der Waals surface area contributed by atoms with Gasteiger partial charge in [0.15, 0.2) is 5.71 Å². The SMILES string of the molecule is C[N+]1=C(C=C2C(=O)C(/C=C3\N(CCC[N+](C)(C)C)c4ccc(N)cc4C3(C)C)=C2O)C(C)(C)c2ccccc21. The van der Waals surface area contributed by atoms with Crippen molar-refractivity contribution < 1.29 is 19.0 Å². The number of nitrogen functional groups attached to an aromatic ring is 1. The van der Waals surface area contributed by atoms with E-state index in [-0.39, 0.29) is 22.4 Å². The van der Waals surface area contributed by atoms with Gasteiger partial charge in [-0.05, 0) is 43.7 Å². The zero-order valence-corrected chi connectivity index (χ0v) is 24.6. The van der Waals surface area contributed by atoms with Gasteiger partial charge in [-0.3, -0.25) is 4.79 Å². The maximum Gasteiger partial charge on any atom is 0.209 e. The molecule has 39 heavy (non-hydrogen) atoms. The highest BCUT2D eigenvalue weighted by Gasteiger charge is 2.46. The number of nitrogens with two attached hydrogens (primary N) is 1. The summed E-state index contributed by atoms with van der Waals surface area (Å²) in [6.07, 6.45) is 4.76. The lowest BCUT2D eigenvalue weighted by Crippen LogP contribution is -2.37. The Hall–Kier alpha value is -3.64. The minimum absolute atomic E-state index is 0.0673. The Kier molecular flexibility index (Phi) is 6.18. The van der Waals surface area contributed by atoms with Crippen LogP contribution in [0.25, 0.3) is 0 Å². The highest BCUT2D eigenvalue weighted by atomic mass is 16.3. The largest absolute Gasteiger partial charge is 0.506 e. The first-order valence-corrected chi connectivity index (χ1v) is 13.8. The van der Waals surface area contributed by atoms with Crippen LogP contribution in [0.4, 0.5) is 17.1 Å². The predicted molar refractivity (Wildman–Crippen MR) is 160 cm³/mol. The third-order valence-electron chi connectivity index (χ3n) is 8.63. The first-order chi connectivity index (χ1) is 18.1. The van der Waals surface area contributed by atoms with Gasteiger partial charge in [-0.15, -0.1) is 0 Å². The van der Waals surface area contributed by atoms with Crippen LogP contribution in [0.1, 0.15) is 45.2 Å². The Bertz CT molecular complexity index is 1510. The average molecular weight is 527 g/mol. The molecule has 0 saturated heterocycles. The minimum Gasteiger partial charge on any atom is -0.506 e. The number of nitrogens with zero attached hydrogens (tertiary/aromatic N) is 3. The molecule has 1 aliphatic carbocycles. The second-order valence-corrected chi connectivity index (χ2v) is 13.2. The van der Waals surface area contributed by atoms with Gasteiger partial charge in [0.2, 0.25) is 11.5 Å². The zero-order chi connectivity index (χ0) is 28.5. The summed E-state index contributed by atoms with van der Waals surface area (Å²) in [4.78, 5) is 15.8. The Morgan fingerprint density at radius 2 is 1.69 bits per heavy atom. The lowest BCUT2D eigenvalue weighted by Gasteiger charge is -2.30. The fraction of sp³-hybridized carbons (Fsp3) is 0.394. The number of quaternary nitrogens is 1. The Morgan fingerprint density at radius 1 is 1.00 bits per heavy atom. The van der Waals surface area contributed by atoms with Crippen molar-refractivity contribution in [3.8, 4) is 0 Å². The molecule has 0 saturated carbocycles. The standard InChI is InChI=1S/C33H40N4O2/c1-32(2)24-12-9-10-13-26(24)35(5)28(32)19-22-30(38)23(31(22)39)20-29-33(3,4)25-18-21(34)14-15-27(25)36(29)16-11-17-37(6,7)8/h9-10,12-15,18-20H,11,16-17H2,1-8H3,(H-2,34,38,39)/p+2. The molecule has 0 spiro atoms. The third kappa shape index (κ3) is 4.31. The van der Waals surface area contributed by atoms with E-state index in [1.54, 1.807) is 0 Å². The number of hydrogen-bond acceptors (Lipinski definition) is 4. The fourth-order valence-electron chi connectivity index (χ4n) is 6.34. The van der Waals surface area contributed by atoms with Crippen molar-refractivity contribution in [1.82, 2.24) is 0 Å². The van der Waals surface area contributed by atoms with Crippen molar-refractivity contribution in [2.45, 2.75) is 44.9 Å². The lowest BCUT2D eigenvalue weighted by atomic mass is 9.77. The smallest absolute Gasteiger partial charge is 0.209 e. The summed E-state index contributed by atoms with van der Waals surface area (Å²) in [6, 6.07) is 14.3. The molecule has 0 amide bonds. The molecular weight excluding hydrogens is 484 g/mol. The molecule has 0 bridgehead atoms. The summed E-state index contributed by atoms with van der Waals surface area (Å²) in [5.74, 6) is -0.0528. The Balaban J connectivity index is 1.53. The van der Waals surface area contributed by atoms with Gasteiger partial charge in [0.25, 0.3) is 0 Å². The maximum absolute atomic E-state index is 13.5. The Labute approximate surface area is 232 Å². The number of anilines is 2. The van der Waals surface area contributed by atoms with Crippen LogP contribution in [0.15, 0.2) is 77.2 Å². The molecule has 5 rings (SSSR count). The van der Waals surface area contributed by atoms with Crippen LogP contribution < -0.4 is 10.6 Å². The van der Waals surface area contributed by atoms with Crippen LogP contribution in [0, 0.1) is 0 Å². The van der Waals surface area contributed by atoms with E-state index in [2.05, 4.69) is 76.5 Å². The molecule has 0 unspecified atom stereocenters. The van der Waals surface area contributed by atoms with Crippen LogP contribution in [-0.2, 0) is 15.6 Å². The molecule has 204 valence electrons. The van der Waals surface area contributed by atoms with Gasteiger partial charge in [0.1, 0.15) is 12.8 Å². The van der Waals surface area contributed by atoms with Crippen molar-refractivity contribution in [3.05, 3.63) is 88.3 Å². The van der Waals surface area contributed by atoms with Crippen LogP contribution in [0.2, 0.25) is 0 Å². The second-order valence-electron chi connectivity index (χ2n) is 13.2. The molecule has 2 heterocycles. The monoisotopic (exact) mass is 526 g/mol. The fourth-order valence-corrected chi connectivity index (χ4v) is 6.34. The molecule has 6 nitrogen and oxygen atoms in total. The number of fused-ring (bicyclic) bond motifs is 2. The van der Waals surface area contributed by atoms with Crippen molar-refractivity contribution in [2.24, 2.45) is 0 Å². The lowest BCUT2D eigenvalue weighted by molar-refractivity contribution is -0.870. The van der Waals surface area contributed by atoms with E-state index in [1.807, 2.05) is 43.5 Å². The third-order valence-corrected chi connectivity index (χ3v) is 8.63. The van der Waals surface area contributed by atoms with Crippen LogP contribution in [0.5, 0.6) is 0 Å². The number of allylic oxidation sites excluding steroid dienone is 5. The van der Waals surface area contributed by atoms with E-state index in [4.69, 9.17) is 5.73 Å². The summed E-state index contributed by atoms with van der Waals surface area (Å²) >= 11 is 0. The average Bonchev–Trinajstić information content (AvgIpc) is 3.18. The van der Waals surface area contributed by atoms with E-state index in [9.17, 15) is 9.90 Å². The van der Waals surface area contributed by atoms with Gasteiger partial charge in [0, 0.05) is 53.2 Å². The Morgan fingerprint density at radius 3 is 2.33 bits per heavy atom. The molecular formula is C33H42N4O2+2. The van der Waals surface area contributed by atoms with E-state index in [0.717, 1.165) is 58.0 Å². The normalized spacial score (nSPS) is 21.6. The first-order valence-electron chi connectivity index (χ1n) is 13.8. The zero-order valence-electron chi connectivity index (χ0n) is 24.6. The van der Waals surface area contributed by atoms with Crippen molar-refractivity contribution in [2.75, 3.05) is 51.9 Å². The molecule has 0 atom stereocenters. The summed E-state index contributed by atoms with van der Waals surface area (Å²) in [5.41, 5.74) is 13.6. The number of Topliss-reactive ketones (excluding diaryl/α,β-unsaturated/α-hetero) is 1. The van der Waals surface area contributed by atoms with Gasteiger partial charge < -0.3 is 20.2 Å². The van der Waals surface area contributed by atoms with Crippen LogP contribution in [0.3, 0.4) is 0 Å². The van der Waals surface area contributed by atoms with Gasteiger partial charge >= 0.3 is 0 Å². The number of benzene rings is 2. The van der Waals surface area contributed by atoms with Gasteiger partial charge in [0.05, 0.1) is 44.2 Å². The van der Waals surface area contributed by atoms with Gasteiger partial charge in [-0.2, -0.15) is 4.58 Å². The first kappa shape index (κ1) is 26.9. The highest BCUT2D eigenvalue weighted by Crippen LogP contribution is 2.50. The second kappa shape index (κ2) is 8.95. The van der Waals surface area contributed by atoms with E-state index >= 15 is 0 Å². The number of aliphatic hydroxyl groups is 1. The number of carbonyl (C=O) groups is 1. The highest BCUT2D eigenvalue weighted by molar-refractivity contribution is 6.24. The van der Waals surface area contributed by atoms with Crippen molar-refractivity contribution in [3.63, 3.8) is 0 Å². The van der Waals surface area contributed by atoms with E-state index < -0.39 is 0 Å². The molecule has 6 heteroatoms. The van der Waals surface area contributed by atoms with E-state index in [1.165, 1.54) is 5.56 Å². The topological polar surface area (TPSA) is 69.6 Å². The van der Waals surface area contributed by atoms with Crippen molar-refractivity contribution in [1.29, 1.82) is 0 Å². The number of ketones is 1. The summed E-state index contributed by atoms with van der Waals surface area (Å²) in [5, 5.41) is 11.2. The van der Waals surface area contributed by atoms with Gasteiger partial charge in [-0.1, -0.05) is 32.0 Å². The summed E-state index contributed by atoms with van der Waals surface area (Å²) < 4.78 is 3.01. The molecule has 3 aliphatic rings. The van der Waals surface area contributed by atoms with Crippen LogP contribution in [-0.4, -0.2) is 66.9 Å².